The summed E-state index contributed by atoms with van der Waals surface area (Å²) in [6.45, 7) is 8.60. The van der Waals surface area contributed by atoms with Gasteiger partial charge in [0.15, 0.2) is 5.82 Å². The van der Waals surface area contributed by atoms with Crippen molar-refractivity contribution in [3.8, 4) is 0 Å². The molecule has 0 radical (unpaired) electrons. The van der Waals surface area contributed by atoms with Crippen LogP contribution in [0.4, 0.5) is 0 Å². The standard InChI is InChI=1S/C11H20N4O2/c1-7-5-14-9(12)8(15(16)17)10(2,3)6-11(14,4)13-7/h7,13H,5-6,12H2,1-4H3. The Morgan fingerprint density at radius 2 is 2.12 bits per heavy atom. The van der Waals surface area contributed by atoms with E-state index in [1.165, 1.54) is 0 Å². The quantitative estimate of drug-likeness (QED) is 0.524. The number of nitrogens with one attached hydrogen (secondary N) is 1. The summed E-state index contributed by atoms with van der Waals surface area (Å²) >= 11 is 0. The molecule has 0 spiro atoms. The number of fused-ring (bicyclic) bond motifs is 1. The van der Waals surface area contributed by atoms with Gasteiger partial charge in [0.25, 0.3) is 5.70 Å². The zero-order chi connectivity index (χ0) is 13.0. The Morgan fingerprint density at radius 1 is 1.53 bits per heavy atom. The Hall–Kier alpha value is -1.30. The van der Waals surface area contributed by atoms with Gasteiger partial charge in [-0.25, -0.2) is 0 Å². The first-order chi connectivity index (χ1) is 7.67. The fourth-order valence-electron chi connectivity index (χ4n) is 3.40. The van der Waals surface area contributed by atoms with Crippen molar-refractivity contribution in [2.24, 2.45) is 11.1 Å². The van der Waals surface area contributed by atoms with Crippen molar-refractivity contribution in [3.63, 3.8) is 0 Å². The van der Waals surface area contributed by atoms with Crippen LogP contribution in [-0.2, 0) is 0 Å². The third-order valence-electron chi connectivity index (χ3n) is 3.75. The predicted octanol–water partition coefficient (Wildman–Crippen LogP) is 0.831. The molecule has 2 atom stereocenters. The van der Waals surface area contributed by atoms with Crippen LogP contribution in [0.1, 0.15) is 34.1 Å². The summed E-state index contributed by atoms with van der Waals surface area (Å²) in [5, 5.41) is 14.6. The molecule has 0 aliphatic carbocycles. The van der Waals surface area contributed by atoms with Crippen LogP contribution in [0.15, 0.2) is 11.5 Å². The van der Waals surface area contributed by atoms with Crippen LogP contribution in [0.25, 0.3) is 0 Å². The first-order valence-corrected chi connectivity index (χ1v) is 5.87. The smallest absolute Gasteiger partial charge is 0.291 e. The summed E-state index contributed by atoms with van der Waals surface area (Å²) in [5.74, 6) is 0.311. The van der Waals surface area contributed by atoms with E-state index < -0.39 is 5.41 Å². The van der Waals surface area contributed by atoms with Gasteiger partial charge in [0.1, 0.15) is 0 Å². The van der Waals surface area contributed by atoms with Gasteiger partial charge < -0.3 is 10.6 Å². The highest BCUT2D eigenvalue weighted by molar-refractivity contribution is 5.22. The van der Waals surface area contributed by atoms with Crippen molar-refractivity contribution in [2.45, 2.75) is 45.8 Å². The SMILES string of the molecule is CC1CN2C(N)=C([N+](=O)[O-])C(C)(C)CC2(C)N1. The molecule has 1 saturated heterocycles. The summed E-state index contributed by atoms with van der Waals surface area (Å²) < 4.78 is 0. The molecular formula is C11H20N4O2. The minimum atomic E-state index is -0.518. The van der Waals surface area contributed by atoms with Gasteiger partial charge in [-0.1, -0.05) is 0 Å². The lowest BCUT2D eigenvalue weighted by Crippen LogP contribution is -2.57. The van der Waals surface area contributed by atoms with Crippen molar-refractivity contribution in [2.75, 3.05) is 6.54 Å². The van der Waals surface area contributed by atoms with Crippen molar-refractivity contribution in [1.29, 1.82) is 0 Å². The molecule has 2 heterocycles. The van der Waals surface area contributed by atoms with E-state index in [2.05, 4.69) is 19.2 Å². The molecule has 6 nitrogen and oxygen atoms in total. The maximum Gasteiger partial charge on any atom is 0.291 e. The number of rotatable bonds is 1. The maximum absolute atomic E-state index is 11.2. The van der Waals surface area contributed by atoms with Gasteiger partial charge in [-0.3, -0.25) is 15.4 Å². The topological polar surface area (TPSA) is 84.4 Å². The number of hydrogen-bond donors (Lipinski definition) is 2. The van der Waals surface area contributed by atoms with Gasteiger partial charge in [0.05, 0.1) is 16.0 Å². The van der Waals surface area contributed by atoms with Crippen LogP contribution in [0.3, 0.4) is 0 Å². The Bertz CT molecular complexity index is 404. The van der Waals surface area contributed by atoms with E-state index in [-0.39, 0.29) is 16.3 Å². The first kappa shape index (κ1) is 12.2. The molecule has 2 aliphatic rings. The maximum atomic E-state index is 11.2. The minimum Gasteiger partial charge on any atom is -0.380 e. The van der Waals surface area contributed by atoms with E-state index >= 15 is 0 Å². The summed E-state index contributed by atoms with van der Waals surface area (Å²) in [6.07, 6.45) is 0.682. The van der Waals surface area contributed by atoms with E-state index in [0.29, 0.717) is 18.3 Å². The van der Waals surface area contributed by atoms with E-state index in [9.17, 15) is 10.1 Å². The molecule has 1 fully saturated rings. The Balaban J connectivity index is 2.53. The summed E-state index contributed by atoms with van der Waals surface area (Å²) in [4.78, 5) is 12.8. The highest BCUT2D eigenvalue weighted by Gasteiger charge is 2.54. The van der Waals surface area contributed by atoms with E-state index in [1.54, 1.807) is 0 Å². The van der Waals surface area contributed by atoms with E-state index in [0.717, 1.165) is 6.54 Å². The lowest BCUT2D eigenvalue weighted by atomic mass is 9.77. The Kier molecular flexibility index (Phi) is 2.40. The monoisotopic (exact) mass is 240 g/mol. The second-order valence-corrected chi connectivity index (χ2v) is 5.98. The third-order valence-corrected chi connectivity index (χ3v) is 3.75. The molecular weight excluding hydrogens is 220 g/mol. The fourth-order valence-corrected chi connectivity index (χ4v) is 3.40. The van der Waals surface area contributed by atoms with Crippen LogP contribution in [0.2, 0.25) is 0 Å². The van der Waals surface area contributed by atoms with Crippen molar-refractivity contribution in [1.82, 2.24) is 10.2 Å². The molecule has 96 valence electrons. The number of nitrogens with zero attached hydrogens (tertiary/aromatic N) is 2. The summed E-state index contributed by atoms with van der Waals surface area (Å²) in [7, 11) is 0. The highest BCUT2D eigenvalue weighted by atomic mass is 16.6. The lowest BCUT2D eigenvalue weighted by molar-refractivity contribution is -0.445. The van der Waals surface area contributed by atoms with Gasteiger partial charge >= 0.3 is 0 Å². The molecule has 2 aliphatic heterocycles. The average Bonchev–Trinajstić information content (AvgIpc) is 2.36. The largest absolute Gasteiger partial charge is 0.380 e. The van der Waals surface area contributed by atoms with Crippen LogP contribution in [0.5, 0.6) is 0 Å². The number of hydrogen-bond acceptors (Lipinski definition) is 5. The van der Waals surface area contributed by atoms with E-state index in [4.69, 9.17) is 5.73 Å². The van der Waals surface area contributed by atoms with Crippen molar-refractivity contribution >= 4 is 0 Å². The zero-order valence-corrected chi connectivity index (χ0v) is 10.8. The normalized spacial score (nSPS) is 36.0. The molecule has 0 bridgehead atoms. The molecule has 2 rings (SSSR count). The van der Waals surface area contributed by atoms with Crippen LogP contribution in [-0.4, -0.2) is 28.1 Å². The molecule has 0 amide bonds. The Labute approximate surface area is 101 Å². The van der Waals surface area contributed by atoms with Gasteiger partial charge in [-0.15, -0.1) is 0 Å². The highest BCUT2D eigenvalue weighted by Crippen LogP contribution is 2.45. The van der Waals surface area contributed by atoms with Gasteiger partial charge in [0, 0.05) is 12.6 Å². The minimum absolute atomic E-state index is 0.144. The van der Waals surface area contributed by atoms with Gasteiger partial charge in [-0.2, -0.15) is 0 Å². The molecule has 0 aromatic carbocycles. The second-order valence-electron chi connectivity index (χ2n) is 5.98. The molecule has 2 unspecified atom stereocenters. The summed E-state index contributed by atoms with van der Waals surface area (Å²) in [6, 6.07) is 0.292. The predicted molar refractivity (Wildman–Crippen MR) is 64.3 cm³/mol. The van der Waals surface area contributed by atoms with Gasteiger partial charge in [0.2, 0.25) is 0 Å². The van der Waals surface area contributed by atoms with Crippen molar-refractivity contribution in [3.05, 3.63) is 21.6 Å². The van der Waals surface area contributed by atoms with Crippen LogP contribution in [0, 0.1) is 15.5 Å². The van der Waals surface area contributed by atoms with Crippen LogP contribution < -0.4 is 11.1 Å². The van der Waals surface area contributed by atoms with Gasteiger partial charge in [-0.05, 0) is 34.1 Å². The molecule has 6 heteroatoms. The van der Waals surface area contributed by atoms with Crippen LogP contribution >= 0.6 is 0 Å². The number of nitro groups is 1. The number of allylic oxidation sites excluding steroid dienone is 1. The molecule has 0 saturated carbocycles. The fraction of sp³-hybridized carbons (Fsp3) is 0.818. The molecule has 17 heavy (non-hydrogen) atoms. The molecule has 0 aromatic rings. The third kappa shape index (κ3) is 1.67. The average molecular weight is 240 g/mol. The van der Waals surface area contributed by atoms with Crippen molar-refractivity contribution < 1.29 is 4.92 Å². The van der Waals surface area contributed by atoms with E-state index in [1.807, 2.05) is 18.7 Å². The number of nitrogens with two attached hydrogens (primary N) is 1. The summed E-state index contributed by atoms with van der Waals surface area (Å²) in [5.41, 5.74) is 5.37. The Morgan fingerprint density at radius 3 is 2.65 bits per heavy atom. The molecule has 0 aromatic heterocycles. The molecule has 3 N–H and O–H groups in total. The first-order valence-electron chi connectivity index (χ1n) is 5.87. The zero-order valence-electron chi connectivity index (χ0n) is 10.8. The lowest BCUT2D eigenvalue weighted by Gasteiger charge is -2.45. The second kappa shape index (κ2) is 3.35.